The van der Waals surface area contributed by atoms with Crippen molar-refractivity contribution in [2.24, 2.45) is 11.3 Å². The van der Waals surface area contributed by atoms with Gasteiger partial charge in [0.15, 0.2) is 0 Å². The number of urea groups is 1. The SMILES string of the molecule is CC(C)(C)C1CCC2(CC1)CN(c1cc(F)cc(C(F)(F)F)c1)C(=O)N2Cc1ccc(C(=O)NCCC(=O)O)cc1. The first-order chi connectivity index (χ1) is 19.1. The minimum absolute atomic E-state index is 0.0117. The smallest absolute Gasteiger partial charge is 0.416 e. The zero-order chi connectivity index (χ0) is 30.2. The average Bonchev–Trinajstić information content (AvgIpc) is 3.14. The third-order valence-electron chi connectivity index (χ3n) is 8.33. The third kappa shape index (κ3) is 6.82. The van der Waals surface area contributed by atoms with Crippen LogP contribution in [0.4, 0.5) is 28.0 Å². The van der Waals surface area contributed by atoms with Crippen LogP contribution in [-0.4, -0.2) is 46.5 Å². The average molecular weight is 578 g/mol. The topological polar surface area (TPSA) is 90.0 Å². The molecule has 0 bridgehead atoms. The number of hydrogen-bond donors (Lipinski definition) is 2. The van der Waals surface area contributed by atoms with E-state index in [9.17, 15) is 31.9 Å². The second-order valence-corrected chi connectivity index (χ2v) is 12.1. The van der Waals surface area contributed by atoms with Crippen LogP contribution in [0.15, 0.2) is 42.5 Å². The predicted molar refractivity (Wildman–Crippen MR) is 145 cm³/mol. The quantitative estimate of drug-likeness (QED) is 0.370. The zero-order valence-corrected chi connectivity index (χ0v) is 23.4. The molecule has 2 aliphatic rings. The van der Waals surface area contributed by atoms with Gasteiger partial charge in [-0.05, 0) is 72.9 Å². The lowest BCUT2D eigenvalue weighted by Gasteiger charge is -2.45. The lowest BCUT2D eigenvalue weighted by molar-refractivity contribution is -0.138. The Bertz CT molecular complexity index is 1300. The summed E-state index contributed by atoms with van der Waals surface area (Å²) < 4.78 is 54.7. The van der Waals surface area contributed by atoms with E-state index in [2.05, 4.69) is 26.1 Å². The van der Waals surface area contributed by atoms with Gasteiger partial charge in [0.25, 0.3) is 5.91 Å². The first-order valence-corrected chi connectivity index (χ1v) is 13.6. The van der Waals surface area contributed by atoms with E-state index < -0.39 is 41.0 Å². The molecule has 1 spiro atoms. The lowest BCUT2D eigenvalue weighted by Crippen LogP contribution is -2.50. The summed E-state index contributed by atoms with van der Waals surface area (Å²) in [4.78, 5) is 39.8. The fraction of sp³-hybridized carbons (Fsp3) is 0.500. The van der Waals surface area contributed by atoms with Crippen LogP contribution in [0.1, 0.15) is 74.4 Å². The van der Waals surface area contributed by atoms with Gasteiger partial charge < -0.3 is 15.3 Å². The number of carboxylic acid groups (broad SMARTS) is 1. The van der Waals surface area contributed by atoms with Gasteiger partial charge >= 0.3 is 18.2 Å². The molecule has 2 aromatic carbocycles. The van der Waals surface area contributed by atoms with E-state index in [-0.39, 0.29) is 37.2 Å². The van der Waals surface area contributed by atoms with Crippen molar-refractivity contribution in [3.05, 3.63) is 65.0 Å². The molecule has 4 rings (SSSR count). The number of hydrogen-bond acceptors (Lipinski definition) is 3. The Kier molecular flexibility index (Phi) is 8.38. The van der Waals surface area contributed by atoms with Crippen molar-refractivity contribution in [2.45, 2.75) is 71.1 Å². The maximum absolute atomic E-state index is 14.3. The van der Waals surface area contributed by atoms with E-state index in [4.69, 9.17) is 5.11 Å². The monoisotopic (exact) mass is 577 g/mol. The molecule has 222 valence electrons. The van der Waals surface area contributed by atoms with Crippen molar-refractivity contribution in [2.75, 3.05) is 18.0 Å². The van der Waals surface area contributed by atoms with E-state index in [1.807, 2.05) is 0 Å². The number of nitrogens with zero attached hydrogens (tertiary/aromatic N) is 2. The van der Waals surface area contributed by atoms with Crippen molar-refractivity contribution in [3.63, 3.8) is 0 Å². The lowest BCUT2D eigenvalue weighted by atomic mass is 9.67. The molecule has 1 aliphatic heterocycles. The van der Waals surface area contributed by atoms with E-state index >= 15 is 0 Å². The number of carbonyl (C=O) groups excluding carboxylic acids is 2. The summed E-state index contributed by atoms with van der Waals surface area (Å²) in [5, 5.41) is 11.3. The van der Waals surface area contributed by atoms with Gasteiger partial charge in [0.1, 0.15) is 5.82 Å². The maximum Gasteiger partial charge on any atom is 0.416 e. The van der Waals surface area contributed by atoms with Crippen molar-refractivity contribution >= 4 is 23.6 Å². The molecule has 41 heavy (non-hydrogen) atoms. The molecular weight excluding hydrogens is 542 g/mol. The molecule has 1 heterocycles. The molecule has 2 fully saturated rings. The summed E-state index contributed by atoms with van der Waals surface area (Å²) in [5.74, 6) is -2.10. The van der Waals surface area contributed by atoms with E-state index in [0.29, 0.717) is 30.4 Å². The predicted octanol–water partition coefficient (Wildman–Crippen LogP) is 6.47. The summed E-state index contributed by atoms with van der Waals surface area (Å²) in [6, 6.07) is 8.25. The van der Waals surface area contributed by atoms with Gasteiger partial charge in [0.05, 0.1) is 24.1 Å². The summed E-state index contributed by atoms with van der Waals surface area (Å²) in [5.41, 5.74) is -0.809. The largest absolute Gasteiger partial charge is 0.481 e. The first-order valence-electron chi connectivity index (χ1n) is 13.6. The van der Waals surface area contributed by atoms with Crippen LogP contribution in [0.2, 0.25) is 0 Å². The van der Waals surface area contributed by atoms with E-state index in [1.165, 1.54) is 4.90 Å². The normalized spacial score (nSPS) is 21.4. The highest BCUT2D eigenvalue weighted by Gasteiger charge is 2.52. The van der Waals surface area contributed by atoms with Crippen LogP contribution in [0.3, 0.4) is 0 Å². The van der Waals surface area contributed by atoms with Gasteiger partial charge in [0.2, 0.25) is 0 Å². The number of amides is 3. The van der Waals surface area contributed by atoms with Gasteiger partial charge in [-0.2, -0.15) is 13.2 Å². The molecule has 1 saturated carbocycles. The number of carboxylic acids is 1. The molecule has 0 radical (unpaired) electrons. The number of benzene rings is 2. The highest BCUT2D eigenvalue weighted by Crippen LogP contribution is 2.48. The van der Waals surface area contributed by atoms with Gasteiger partial charge in [-0.25, -0.2) is 9.18 Å². The molecule has 2 aromatic rings. The fourth-order valence-corrected chi connectivity index (χ4v) is 5.90. The number of anilines is 1. The fourth-order valence-electron chi connectivity index (χ4n) is 5.90. The Morgan fingerprint density at radius 2 is 1.68 bits per heavy atom. The molecule has 3 amide bonds. The second kappa shape index (κ2) is 11.3. The minimum Gasteiger partial charge on any atom is -0.481 e. The number of alkyl halides is 3. The molecule has 11 heteroatoms. The number of rotatable bonds is 7. The summed E-state index contributed by atoms with van der Waals surface area (Å²) in [6.45, 7) is 6.81. The van der Waals surface area contributed by atoms with Gasteiger partial charge in [-0.1, -0.05) is 32.9 Å². The zero-order valence-electron chi connectivity index (χ0n) is 23.4. The van der Waals surface area contributed by atoms with Crippen molar-refractivity contribution < 1.29 is 37.1 Å². The van der Waals surface area contributed by atoms with Gasteiger partial charge in [0, 0.05) is 24.3 Å². The summed E-state index contributed by atoms with van der Waals surface area (Å²) in [7, 11) is 0. The van der Waals surface area contributed by atoms with Gasteiger partial charge in [-0.3, -0.25) is 14.5 Å². The molecule has 1 saturated heterocycles. The number of aliphatic carboxylic acids is 1. The molecule has 0 unspecified atom stereocenters. The van der Waals surface area contributed by atoms with Crippen LogP contribution in [0.25, 0.3) is 0 Å². The Morgan fingerprint density at radius 3 is 2.24 bits per heavy atom. The maximum atomic E-state index is 14.3. The molecule has 2 N–H and O–H groups in total. The Morgan fingerprint density at radius 1 is 1.05 bits per heavy atom. The summed E-state index contributed by atoms with van der Waals surface area (Å²) >= 11 is 0. The molecule has 7 nitrogen and oxygen atoms in total. The first kappa shape index (κ1) is 30.3. The highest BCUT2D eigenvalue weighted by atomic mass is 19.4. The Labute approximate surface area is 236 Å². The minimum atomic E-state index is -4.76. The number of nitrogens with one attached hydrogen (secondary N) is 1. The second-order valence-electron chi connectivity index (χ2n) is 12.1. The number of halogens is 4. The Balaban J connectivity index is 1.60. The van der Waals surface area contributed by atoms with Crippen LogP contribution < -0.4 is 10.2 Å². The van der Waals surface area contributed by atoms with Crippen LogP contribution in [-0.2, 0) is 17.5 Å². The van der Waals surface area contributed by atoms with Crippen molar-refractivity contribution in [3.8, 4) is 0 Å². The van der Waals surface area contributed by atoms with E-state index in [1.54, 1.807) is 29.2 Å². The van der Waals surface area contributed by atoms with Crippen LogP contribution in [0, 0.1) is 17.2 Å². The number of carbonyl (C=O) groups is 3. The highest BCUT2D eigenvalue weighted by molar-refractivity contribution is 5.96. The molecule has 0 aromatic heterocycles. The molecule has 0 atom stereocenters. The van der Waals surface area contributed by atoms with Crippen molar-refractivity contribution in [1.29, 1.82) is 0 Å². The Hall–Kier alpha value is -3.63. The third-order valence-corrected chi connectivity index (χ3v) is 8.33. The van der Waals surface area contributed by atoms with Gasteiger partial charge in [-0.15, -0.1) is 0 Å². The molecular formula is C30H35F4N3O4. The van der Waals surface area contributed by atoms with Crippen LogP contribution >= 0.6 is 0 Å². The van der Waals surface area contributed by atoms with Crippen molar-refractivity contribution in [1.82, 2.24) is 10.2 Å². The van der Waals surface area contributed by atoms with Crippen LogP contribution in [0.5, 0.6) is 0 Å². The van der Waals surface area contributed by atoms with E-state index in [0.717, 1.165) is 30.5 Å². The summed E-state index contributed by atoms with van der Waals surface area (Å²) in [6.07, 6.45) is -1.97. The molecule has 1 aliphatic carbocycles. The standard InChI is InChI=1S/C30H35F4N3O4/c1-28(2,3)21-8-11-29(12-9-21)18-36(24-15-22(30(32,33)34)14-23(31)16-24)27(41)37(29)17-19-4-6-20(7-5-19)26(40)35-13-10-25(38)39/h4-7,14-16,21H,8-13,17-18H2,1-3H3,(H,35,40)(H,38,39).